The van der Waals surface area contributed by atoms with E-state index in [9.17, 15) is 4.79 Å². The molecule has 0 aliphatic carbocycles. The van der Waals surface area contributed by atoms with Gasteiger partial charge in [-0.3, -0.25) is 0 Å². The maximum atomic E-state index is 11.1. The number of carbonyl (C=O) groups is 1. The molecule has 0 bridgehead atoms. The van der Waals surface area contributed by atoms with Crippen LogP contribution in [-0.4, -0.2) is 12.6 Å². The number of pyridine rings is 1. The van der Waals surface area contributed by atoms with Crippen molar-refractivity contribution in [3.05, 3.63) is 30.1 Å². The zero-order chi connectivity index (χ0) is 10.4. The van der Waals surface area contributed by atoms with Crippen LogP contribution in [-0.2, 0) is 22.6 Å². The SMILES string of the molecule is CCOC(=O)C[n+]1ccc(CN)cc1.[Br-]. The molecule has 0 amide bonds. The highest BCUT2D eigenvalue weighted by Gasteiger charge is 2.08. The lowest BCUT2D eigenvalue weighted by molar-refractivity contribution is -0.686. The van der Waals surface area contributed by atoms with Gasteiger partial charge in [-0.15, -0.1) is 0 Å². The summed E-state index contributed by atoms with van der Waals surface area (Å²) in [6.07, 6.45) is 3.64. The molecule has 1 rings (SSSR count). The highest BCUT2D eigenvalue weighted by atomic mass is 79.9. The van der Waals surface area contributed by atoms with Crippen LogP contribution in [0.25, 0.3) is 0 Å². The van der Waals surface area contributed by atoms with Gasteiger partial charge in [0.15, 0.2) is 12.4 Å². The lowest BCUT2D eigenvalue weighted by atomic mass is 10.3. The Bertz CT molecular complexity index is 301. The number of aromatic nitrogens is 1. The Balaban J connectivity index is 0.00000196. The first-order valence-corrected chi connectivity index (χ1v) is 4.60. The number of ether oxygens (including phenoxy) is 1. The Labute approximate surface area is 99.8 Å². The fourth-order valence-corrected chi connectivity index (χ4v) is 1.09. The molecule has 0 spiro atoms. The Morgan fingerprint density at radius 2 is 2.07 bits per heavy atom. The van der Waals surface area contributed by atoms with E-state index in [1.165, 1.54) is 0 Å². The molecule has 4 nitrogen and oxygen atoms in total. The second-order valence-corrected chi connectivity index (χ2v) is 2.89. The first-order chi connectivity index (χ1) is 6.76. The van der Waals surface area contributed by atoms with E-state index in [0.717, 1.165) is 5.56 Å². The van der Waals surface area contributed by atoms with Gasteiger partial charge in [-0.05, 0) is 12.5 Å². The van der Waals surface area contributed by atoms with Crippen molar-refractivity contribution in [3.8, 4) is 0 Å². The number of halogens is 1. The average Bonchev–Trinajstić information content (AvgIpc) is 2.19. The summed E-state index contributed by atoms with van der Waals surface area (Å²) in [5.41, 5.74) is 6.49. The van der Waals surface area contributed by atoms with Crippen molar-refractivity contribution in [2.45, 2.75) is 20.0 Å². The molecule has 1 aromatic heterocycles. The van der Waals surface area contributed by atoms with Gasteiger partial charge in [-0.25, -0.2) is 4.79 Å². The van der Waals surface area contributed by atoms with Crippen molar-refractivity contribution >= 4 is 5.97 Å². The van der Waals surface area contributed by atoms with Gasteiger partial charge in [0.1, 0.15) is 0 Å². The summed E-state index contributed by atoms with van der Waals surface area (Å²) >= 11 is 0. The molecule has 0 saturated heterocycles. The summed E-state index contributed by atoms with van der Waals surface area (Å²) in [7, 11) is 0. The van der Waals surface area contributed by atoms with E-state index in [4.69, 9.17) is 10.5 Å². The number of hydrogen-bond acceptors (Lipinski definition) is 3. The van der Waals surface area contributed by atoms with E-state index in [1.807, 2.05) is 24.5 Å². The predicted molar refractivity (Wildman–Crippen MR) is 51.2 cm³/mol. The van der Waals surface area contributed by atoms with Gasteiger partial charge in [0.2, 0.25) is 6.54 Å². The van der Waals surface area contributed by atoms with Crippen molar-refractivity contribution in [2.24, 2.45) is 5.73 Å². The van der Waals surface area contributed by atoms with E-state index < -0.39 is 0 Å². The fraction of sp³-hybridized carbons (Fsp3) is 0.400. The summed E-state index contributed by atoms with van der Waals surface area (Å²) in [5.74, 6) is -0.224. The van der Waals surface area contributed by atoms with Crippen LogP contribution in [0, 0.1) is 0 Å². The van der Waals surface area contributed by atoms with Crippen molar-refractivity contribution in [1.82, 2.24) is 0 Å². The number of carbonyl (C=O) groups excluding carboxylic acids is 1. The van der Waals surface area contributed by atoms with Gasteiger partial charge in [0.25, 0.3) is 0 Å². The number of nitrogens with zero attached hydrogens (tertiary/aromatic N) is 1. The van der Waals surface area contributed by atoms with Crippen LogP contribution in [0.2, 0.25) is 0 Å². The third kappa shape index (κ3) is 4.90. The minimum absolute atomic E-state index is 0. The van der Waals surface area contributed by atoms with Gasteiger partial charge in [0.05, 0.1) is 6.61 Å². The summed E-state index contributed by atoms with van der Waals surface area (Å²) in [5, 5.41) is 0. The molecule has 1 aromatic rings. The van der Waals surface area contributed by atoms with Gasteiger partial charge in [-0.2, -0.15) is 4.57 Å². The maximum Gasteiger partial charge on any atom is 0.372 e. The van der Waals surface area contributed by atoms with Crippen LogP contribution < -0.4 is 27.3 Å². The molecular formula is C10H15BrN2O2. The Morgan fingerprint density at radius 1 is 1.47 bits per heavy atom. The molecule has 0 atom stereocenters. The Hall–Kier alpha value is -0.940. The molecule has 0 aliphatic rings. The molecule has 0 radical (unpaired) electrons. The second kappa shape index (κ2) is 7.36. The summed E-state index contributed by atoms with van der Waals surface area (Å²) in [4.78, 5) is 11.1. The van der Waals surface area contributed by atoms with Crippen molar-refractivity contribution in [1.29, 1.82) is 0 Å². The Kier molecular flexibility index (Phi) is 6.90. The smallest absolute Gasteiger partial charge is 0.372 e. The van der Waals surface area contributed by atoms with Crippen molar-refractivity contribution in [2.75, 3.05) is 6.61 Å². The number of rotatable bonds is 4. The lowest BCUT2D eigenvalue weighted by Crippen LogP contribution is -3.00. The average molecular weight is 275 g/mol. The van der Waals surface area contributed by atoms with E-state index in [-0.39, 0.29) is 29.5 Å². The van der Waals surface area contributed by atoms with Gasteiger partial charge in [0, 0.05) is 18.7 Å². The highest BCUT2D eigenvalue weighted by molar-refractivity contribution is 5.67. The zero-order valence-electron chi connectivity index (χ0n) is 8.65. The molecule has 0 saturated carbocycles. The first kappa shape index (κ1) is 14.1. The van der Waals surface area contributed by atoms with Crippen LogP contribution in [0.5, 0.6) is 0 Å². The van der Waals surface area contributed by atoms with Crippen LogP contribution in [0.4, 0.5) is 0 Å². The quantitative estimate of drug-likeness (QED) is 0.471. The molecule has 15 heavy (non-hydrogen) atoms. The van der Waals surface area contributed by atoms with E-state index >= 15 is 0 Å². The van der Waals surface area contributed by atoms with Gasteiger partial charge in [-0.1, -0.05) is 0 Å². The minimum Gasteiger partial charge on any atom is -1.00 e. The maximum absolute atomic E-state index is 11.1. The van der Waals surface area contributed by atoms with Gasteiger partial charge < -0.3 is 27.5 Å². The minimum atomic E-state index is -0.224. The molecule has 5 heteroatoms. The third-order valence-electron chi connectivity index (χ3n) is 1.81. The fourth-order valence-electron chi connectivity index (χ4n) is 1.09. The first-order valence-electron chi connectivity index (χ1n) is 4.60. The predicted octanol–water partition coefficient (Wildman–Crippen LogP) is -3.00. The van der Waals surface area contributed by atoms with Crippen LogP contribution in [0.1, 0.15) is 12.5 Å². The van der Waals surface area contributed by atoms with Crippen molar-refractivity contribution in [3.63, 3.8) is 0 Å². The van der Waals surface area contributed by atoms with Crippen LogP contribution in [0.15, 0.2) is 24.5 Å². The topological polar surface area (TPSA) is 56.2 Å². The van der Waals surface area contributed by atoms with E-state index in [2.05, 4.69) is 0 Å². The summed E-state index contributed by atoms with van der Waals surface area (Å²) < 4.78 is 6.58. The van der Waals surface area contributed by atoms with Crippen molar-refractivity contribution < 1.29 is 31.1 Å². The van der Waals surface area contributed by atoms with Gasteiger partial charge >= 0.3 is 5.97 Å². The van der Waals surface area contributed by atoms with Crippen LogP contribution >= 0.6 is 0 Å². The molecule has 1 heterocycles. The largest absolute Gasteiger partial charge is 1.00 e. The molecule has 0 aliphatic heterocycles. The molecule has 0 unspecified atom stereocenters. The lowest BCUT2D eigenvalue weighted by Gasteiger charge is -1.98. The number of nitrogens with two attached hydrogens (primary N) is 1. The zero-order valence-corrected chi connectivity index (χ0v) is 10.2. The third-order valence-corrected chi connectivity index (χ3v) is 1.81. The molecule has 2 N–H and O–H groups in total. The normalized spacial score (nSPS) is 9.20. The standard InChI is InChI=1S/C10H15N2O2.BrH/c1-2-14-10(13)8-12-5-3-9(7-11)4-6-12;/h3-6H,2,7-8,11H2,1H3;1H/q+1;/p-1. The number of esters is 1. The Morgan fingerprint density at radius 3 is 2.53 bits per heavy atom. The highest BCUT2D eigenvalue weighted by Crippen LogP contribution is 1.91. The summed E-state index contributed by atoms with van der Waals surface area (Å²) in [6, 6.07) is 3.78. The van der Waals surface area contributed by atoms with Crippen LogP contribution in [0.3, 0.4) is 0 Å². The van der Waals surface area contributed by atoms with E-state index in [0.29, 0.717) is 13.2 Å². The monoisotopic (exact) mass is 274 g/mol. The van der Waals surface area contributed by atoms with E-state index in [1.54, 1.807) is 11.5 Å². The molecule has 0 aromatic carbocycles. The molecule has 84 valence electrons. The summed E-state index contributed by atoms with van der Waals surface area (Å²) in [6.45, 7) is 2.97. The molecule has 0 fully saturated rings. The number of hydrogen-bond donors (Lipinski definition) is 1. The second-order valence-electron chi connectivity index (χ2n) is 2.89. The molecular weight excluding hydrogens is 260 g/mol.